The van der Waals surface area contributed by atoms with Crippen LogP contribution in [0.15, 0.2) is 42.5 Å². The first-order valence-electron chi connectivity index (χ1n) is 10.9. The summed E-state index contributed by atoms with van der Waals surface area (Å²) in [6, 6.07) is 14.5. The number of nitrogens with zero attached hydrogens (tertiary/aromatic N) is 2. The SMILES string of the molecule is Cc1ccc(C(=O)N[C@H]2CCN(Cc3ccc(OCCCN(C)C)cc3)C2)cc1C. The molecule has 1 fully saturated rings. The molecule has 1 heterocycles. The van der Waals surface area contributed by atoms with Crippen LogP contribution in [0, 0.1) is 13.8 Å². The van der Waals surface area contributed by atoms with E-state index < -0.39 is 0 Å². The zero-order chi connectivity index (χ0) is 21.5. The van der Waals surface area contributed by atoms with Gasteiger partial charge in [-0.15, -0.1) is 0 Å². The summed E-state index contributed by atoms with van der Waals surface area (Å²) in [5.41, 5.74) is 4.39. The smallest absolute Gasteiger partial charge is 0.251 e. The van der Waals surface area contributed by atoms with Crippen molar-refractivity contribution in [1.29, 1.82) is 0 Å². The minimum Gasteiger partial charge on any atom is -0.494 e. The molecule has 1 N–H and O–H groups in total. The highest BCUT2D eigenvalue weighted by Gasteiger charge is 2.24. The molecule has 0 aliphatic carbocycles. The van der Waals surface area contributed by atoms with Crippen LogP contribution in [0.25, 0.3) is 0 Å². The fourth-order valence-electron chi connectivity index (χ4n) is 3.77. The molecule has 2 aromatic carbocycles. The summed E-state index contributed by atoms with van der Waals surface area (Å²) in [6.45, 7) is 8.68. The lowest BCUT2D eigenvalue weighted by Gasteiger charge is -2.17. The summed E-state index contributed by atoms with van der Waals surface area (Å²) < 4.78 is 5.81. The van der Waals surface area contributed by atoms with Gasteiger partial charge >= 0.3 is 0 Å². The molecule has 1 saturated heterocycles. The number of benzene rings is 2. The van der Waals surface area contributed by atoms with Gasteiger partial charge < -0.3 is 15.0 Å². The highest BCUT2D eigenvalue weighted by molar-refractivity contribution is 5.94. The Balaban J connectivity index is 1.43. The van der Waals surface area contributed by atoms with E-state index in [2.05, 4.69) is 60.4 Å². The lowest BCUT2D eigenvalue weighted by Crippen LogP contribution is -2.37. The maximum absolute atomic E-state index is 12.6. The molecule has 30 heavy (non-hydrogen) atoms. The predicted molar refractivity (Wildman–Crippen MR) is 122 cm³/mol. The molecule has 0 unspecified atom stereocenters. The maximum atomic E-state index is 12.6. The monoisotopic (exact) mass is 409 g/mol. The first-order chi connectivity index (χ1) is 14.4. The van der Waals surface area contributed by atoms with Gasteiger partial charge in [0.1, 0.15) is 5.75 Å². The van der Waals surface area contributed by atoms with Crippen LogP contribution in [0.3, 0.4) is 0 Å². The number of amides is 1. The molecule has 0 radical (unpaired) electrons. The van der Waals surface area contributed by atoms with E-state index in [1.807, 2.05) is 25.1 Å². The number of aryl methyl sites for hydroxylation is 2. The zero-order valence-corrected chi connectivity index (χ0v) is 18.8. The van der Waals surface area contributed by atoms with E-state index in [-0.39, 0.29) is 11.9 Å². The molecule has 5 heteroatoms. The third kappa shape index (κ3) is 6.57. The Hall–Kier alpha value is -2.37. The summed E-state index contributed by atoms with van der Waals surface area (Å²) in [7, 11) is 4.15. The minimum atomic E-state index is 0.0284. The molecule has 0 bridgehead atoms. The van der Waals surface area contributed by atoms with Gasteiger partial charge in [-0.1, -0.05) is 18.2 Å². The maximum Gasteiger partial charge on any atom is 0.251 e. The van der Waals surface area contributed by atoms with Gasteiger partial charge in [0, 0.05) is 37.8 Å². The Morgan fingerprint density at radius 1 is 1.13 bits per heavy atom. The van der Waals surface area contributed by atoms with Crippen LogP contribution >= 0.6 is 0 Å². The molecule has 0 spiro atoms. The van der Waals surface area contributed by atoms with Gasteiger partial charge in [0.05, 0.1) is 6.61 Å². The van der Waals surface area contributed by atoms with E-state index in [1.165, 1.54) is 11.1 Å². The Morgan fingerprint density at radius 2 is 1.90 bits per heavy atom. The van der Waals surface area contributed by atoms with Gasteiger partial charge in [0.2, 0.25) is 0 Å². The lowest BCUT2D eigenvalue weighted by molar-refractivity contribution is 0.0937. The van der Waals surface area contributed by atoms with Gasteiger partial charge in [-0.2, -0.15) is 0 Å². The molecular weight excluding hydrogens is 374 g/mol. The van der Waals surface area contributed by atoms with E-state index in [0.29, 0.717) is 0 Å². The van der Waals surface area contributed by atoms with Crippen molar-refractivity contribution in [3.63, 3.8) is 0 Å². The number of rotatable bonds is 9. The molecule has 3 rings (SSSR count). The molecule has 5 nitrogen and oxygen atoms in total. The van der Waals surface area contributed by atoms with E-state index in [0.717, 1.165) is 62.5 Å². The van der Waals surface area contributed by atoms with Crippen molar-refractivity contribution in [2.75, 3.05) is 40.3 Å². The van der Waals surface area contributed by atoms with Gasteiger partial charge in [-0.05, 0) is 81.7 Å². The zero-order valence-electron chi connectivity index (χ0n) is 18.8. The van der Waals surface area contributed by atoms with E-state index in [4.69, 9.17) is 4.74 Å². The number of carbonyl (C=O) groups is 1. The fraction of sp³-hybridized carbons (Fsp3) is 0.480. The van der Waals surface area contributed by atoms with Crippen LogP contribution in [0.1, 0.15) is 39.9 Å². The molecule has 1 amide bonds. The van der Waals surface area contributed by atoms with Crippen LogP contribution in [0.2, 0.25) is 0 Å². The number of carbonyl (C=O) groups excluding carboxylic acids is 1. The van der Waals surface area contributed by atoms with Crippen LogP contribution < -0.4 is 10.1 Å². The average molecular weight is 410 g/mol. The van der Waals surface area contributed by atoms with Gasteiger partial charge in [0.25, 0.3) is 5.91 Å². The quantitative estimate of drug-likeness (QED) is 0.643. The third-order valence-electron chi connectivity index (χ3n) is 5.72. The lowest BCUT2D eigenvalue weighted by atomic mass is 10.1. The molecule has 2 aromatic rings. The van der Waals surface area contributed by atoms with Crippen LogP contribution in [-0.2, 0) is 6.54 Å². The first-order valence-corrected chi connectivity index (χ1v) is 10.9. The largest absolute Gasteiger partial charge is 0.494 e. The summed E-state index contributed by atoms with van der Waals surface area (Å²) in [5, 5.41) is 3.20. The van der Waals surface area contributed by atoms with Crippen molar-refractivity contribution in [2.45, 2.75) is 39.3 Å². The topological polar surface area (TPSA) is 44.8 Å². The number of likely N-dealkylation sites (tertiary alicyclic amines) is 1. The van der Waals surface area contributed by atoms with Crippen molar-refractivity contribution in [2.24, 2.45) is 0 Å². The Bertz CT molecular complexity index is 833. The number of hydrogen-bond acceptors (Lipinski definition) is 4. The molecule has 1 atom stereocenters. The molecule has 0 aromatic heterocycles. The number of ether oxygens (including phenoxy) is 1. The summed E-state index contributed by atoms with van der Waals surface area (Å²) in [6.07, 6.45) is 2.02. The van der Waals surface area contributed by atoms with Crippen molar-refractivity contribution in [1.82, 2.24) is 15.1 Å². The molecular formula is C25H35N3O2. The fourth-order valence-corrected chi connectivity index (χ4v) is 3.77. The van der Waals surface area contributed by atoms with E-state index in [9.17, 15) is 4.79 Å². The van der Waals surface area contributed by atoms with Crippen LogP contribution in [0.5, 0.6) is 5.75 Å². The first kappa shape index (κ1) is 22.3. The third-order valence-corrected chi connectivity index (χ3v) is 5.72. The second-order valence-electron chi connectivity index (χ2n) is 8.64. The molecule has 1 aliphatic heterocycles. The highest BCUT2D eigenvalue weighted by Crippen LogP contribution is 2.18. The molecule has 0 saturated carbocycles. The van der Waals surface area contributed by atoms with Gasteiger partial charge in [0.15, 0.2) is 0 Å². The van der Waals surface area contributed by atoms with E-state index >= 15 is 0 Å². The Labute approximate surface area is 181 Å². The number of hydrogen-bond donors (Lipinski definition) is 1. The second-order valence-corrected chi connectivity index (χ2v) is 8.64. The normalized spacial score (nSPS) is 16.8. The van der Waals surface area contributed by atoms with Crippen molar-refractivity contribution in [3.8, 4) is 5.75 Å². The minimum absolute atomic E-state index is 0.0284. The van der Waals surface area contributed by atoms with Crippen molar-refractivity contribution < 1.29 is 9.53 Å². The van der Waals surface area contributed by atoms with Crippen LogP contribution in [0.4, 0.5) is 0 Å². The molecule has 1 aliphatic rings. The Kier molecular flexibility index (Phi) is 7.88. The summed E-state index contributed by atoms with van der Waals surface area (Å²) >= 11 is 0. The summed E-state index contributed by atoms with van der Waals surface area (Å²) in [5.74, 6) is 0.957. The summed E-state index contributed by atoms with van der Waals surface area (Å²) in [4.78, 5) is 17.1. The highest BCUT2D eigenvalue weighted by atomic mass is 16.5. The van der Waals surface area contributed by atoms with E-state index in [1.54, 1.807) is 0 Å². The molecule has 162 valence electrons. The predicted octanol–water partition coefficient (Wildman–Crippen LogP) is 3.64. The van der Waals surface area contributed by atoms with Crippen LogP contribution in [-0.4, -0.2) is 62.1 Å². The Morgan fingerprint density at radius 3 is 2.60 bits per heavy atom. The standard InChI is InChI=1S/C25H35N3O2/c1-19-6-9-22(16-20(19)2)25(29)26-23-12-14-28(18-23)17-21-7-10-24(11-8-21)30-15-5-13-27(3)4/h6-11,16,23H,5,12-15,17-18H2,1-4H3,(H,26,29)/t23-/m0/s1. The average Bonchev–Trinajstić information content (AvgIpc) is 3.15. The van der Waals surface area contributed by atoms with Gasteiger partial charge in [-0.25, -0.2) is 0 Å². The van der Waals surface area contributed by atoms with Crippen molar-refractivity contribution in [3.05, 3.63) is 64.7 Å². The second kappa shape index (κ2) is 10.6. The van der Waals surface area contributed by atoms with Gasteiger partial charge in [-0.3, -0.25) is 9.69 Å². The van der Waals surface area contributed by atoms with Crippen molar-refractivity contribution >= 4 is 5.91 Å². The number of nitrogens with one attached hydrogen (secondary N) is 1.